The molecule has 0 heterocycles. The Morgan fingerprint density at radius 3 is 2.42 bits per heavy atom. The van der Waals surface area contributed by atoms with E-state index in [1.807, 2.05) is 0 Å². The number of rotatable bonds is 4. The summed E-state index contributed by atoms with van der Waals surface area (Å²) in [6, 6.07) is -0.917. The third-order valence-electron chi connectivity index (χ3n) is 2.11. The van der Waals surface area contributed by atoms with Crippen LogP contribution in [0.4, 0.5) is 0 Å². The first-order valence-electron chi connectivity index (χ1n) is 3.73. The fourth-order valence-electron chi connectivity index (χ4n) is 1.24. The Morgan fingerprint density at radius 1 is 1.50 bits per heavy atom. The molecule has 0 radical (unpaired) electrons. The van der Waals surface area contributed by atoms with Gasteiger partial charge in [-0.1, -0.05) is 0 Å². The summed E-state index contributed by atoms with van der Waals surface area (Å²) in [5.41, 5.74) is 5.23. The van der Waals surface area contributed by atoms with Crippen LogP contribution in [0.3, 0.4) is 0 Å². The van der Waals surface area contributed by atoms with Crippen molar-refractivity contribution in [1.29, 1.82) is 0 Å². The van der Waals surface area contributed by atoms with Crippen LogP contribution in [-0.2, 0) is 9.59 Å². The first kappa shape index (κ1) is 8.99. The second-order valence-electron chi connectivity index (χ2n) is 3.12. The standard InChI is InChI=1S/C7H11NO4/c8-5(7(11)12)2-3-1-4(3)6(9)10/h3-5H,1-2,8H2,(H,9,10)(H,11,12)/t3-,4-,5+/m1/s1. The van der Waals surface area contributed by atoms with Gasteiger partial charge in [0.05, 0.1) is 5.92 Å². The Labute approximate surface area is 69.2 Å². The van der Waals surface area contributed by atoms with E-state index >= 15 is 0 Å². The van der Waals surface area contributed by atoms with Gasteiger partial charge in [-0.15, -0.1) is 0 Å². The Kier molecular flexibility index (Phi) is 2.32. The molecule has 0 spiro atoms. The maximum atomic E-state index is 10.3. The van der Waals surface area contributed by atoms with E-state index in [4.69, 9.17) is 15.9 Å². The quantitative estimate of drug-likeness (QED) is 0.532. The Hall–Kier alpha value is -1.10. The largest absolute Gasteiger partial charge is 0.481 e. The second-order valence-corrected chi connectivity index (χ2v) is 3.12. The smallest absolute Gasteiger partial charge is 0.320 e. The Bertz CT molecular complexity index is 215. The van der Waals surface area contributed by atoms with Crippen molar-refractivity contribution in [1.82, 2.24) is 0 Å². The van der Waals surface area contributed by atoms with E-state index in [-0.39, 0.29) is 18.3 Å². The molecule has 0 aromatic carbocycles. The van der Waals surface area contributed by atoms with Gasteiger partial charge in [0.1, 0.15) is 6.04 Å². The maximum absolute atomic E-state index is 10.3. The molecule has 3 atom stereocenters. The van der Waals surface area contributed by atoms with Gasteiger partial charge in [0.2, 0.25) is 0 Å². The molecule has 0 aromatic rings. The van der Waals surface area contributed by atoms with Crippen LogP contribution in [0.15, 0.2) is 0 Å². The van der Waals surface area contributed by atoms with Gasteiger partial charge < -0.3 is 15.9 Å². The van der Waals surface area contributed by atoms with E-state index in [0.717, 1.165) is 0 Å². The molecule has 5 heteroatoms. The molecule has 0 aromatic heterocycles. The van der Waals surface area contributed by atoms with Gasteiger partial charge in [0.25, 0.3) is 0 Å². The number of hydrogen-bond acceptors (Lipinski definition) is 3. The zero-order valence-electron chi connectivity index (χ0n) is 6.43. The van der Waals surface area contributed by atoms with Crippen molar-refractivity contribution in [3.05, 3.63) is 0 Å². The molecule has 0 unspecified atom stereocenters. The zero-order valence-corrected chi connectivity index (χ0v) is 6.43. The summed E-state index contributed by atoms with van der Waals surface area (Å²) in [6.07, 6.45) is 0.836. The van der Waals surface area contributed by atoms with Crippen molar-refractivity contribution in [2.45, 2.75) is 18.9 Å². The first-order valence-corrected chi connectivity index (χ1v) is 3.73. The van der Waals surface area contributed by atoms with Crippen molar-refractivity contribution >= 4 is 11.9 Å². The van der Waals surface area contributed by atoms with Crippen LogP contribution in [0.2, 0.25) is 0 Å². The fraction of sp³-hybridized carbons (Fsp3) is 0.714. The minimum absolute atomic E-state index is 0.0337. The van der Waals surface area contributed by atoms with Crippen molar-refractivity contribution in [2.24, 2.45) is 17.6 Å². The molecule has 0 bridgehead atoms. The number of carboxylic acids is 2. The molecule has 0 amide bonds. The molecule has 5 nitrogen and oxygen atoms in total. The van der Waals surface area contributed by atoms with E-state index in [0.29, 0.717) is 6.42 Å². The van der Waals surface area contributed by atoms with Gasteiger partial charge in [-0.05, 0) is 18.8 Å². The summed E-state index contributed by atoms with van der Waals surface area (Å²) in [7, 11) is 0. The van der Waals surface area contributed by atoms with E-state index in [2.05, 4.69) is 0 Å². The summed E-state index contributed by atoms with van der Waals surface area (Å²) >= 11 is 0. The topological polar surface area (TPSA) is 101 Å². The molecule has 4 N–H and O–H groups in total. The third-order valence-corrected chi connectivity index (χ3v) is 2.11. The maximum Gasteiger partial charge on any atom is 0.320 e. The number of aliphatic carboxylic acids is 2. The summed E-state index contributed by atoms with van der Waals surface area (Å²) in [5, 5.41) is 16.9. The minimum atomic E-state index is -1.06. The van der Waals surface area contributed by atoms with Crippen molar-refractivity contribution < 1.29 is 19.8 Å². The van der Waals surface area contributed by atoms with Gasteiger partial charge in [0.15, 0.2) is 0 Å². The molecule has 0 saturated heterocycles. The lowest BCUT2D eigenvalue weighted by Crippen LogP contribution is -2.30. The molecule has 12 heavy (non-hydrogen) atoms. The van der Waals surface area contributed by atoms with E-state index in [9.17, 15) is 9.59 Å². The highest BCUT2D eigenvalue weighted by atomic mass is 16.4. The monoisotopic (exact) mass is 173 g/mol. The van der Waals surface area contributed by atoms with Gasteiger partial charge >= 0.3 is 11.9 Å². The molecular formula is C7H11NO4. The third kappa shape index (κ3) is 1.94. The van der Waals surface area contributed by atoms with Crippen LogP contribution in [0.1, 0.15) is 12.8 Å². The molecule has 1 rings (SSSR count). The van der Waals surface area contributed by atoms with Crippen LogP contribution in [0.25, 0.3) is 0 Å². The number of hydrogen-bond donors (Lipinski definition) is 3. The first-order chi connectivity index (χ1) is 5.52. The van der Waals surface area contributed by atoms with Gasteiger partial charge in [-0.2, -0.15) is 0 Å². The van der Waals surface area contributed by atoms with Crippen LogP contribution in [0, 0.1) is 11.8 Å². The predicted octanol–water partition coefficient (Wildman–Crippen LogP) is -0.491. The average Bonchev–Trinajstić information content (AvgIpc) is 2.67. The van der Waals surface area contributed by atoms with Gasteiger partial charge in [0, 0.05) is 0 Å². The number of carbonyl (C=O) groups is 2. The molecule has 1 aliphatic rings. The predicted molar refractivity (Wildman–Crippen MR) is 39.5 cm³/mol. The highest BCUT2D eigenvalue weighted by Gasteiger charge is 2.44. The average molecular weight is 173 g/mol. The Morgan fingerprint density at radius 2 is 2.08 bits per heavy atom. The van der Waals surface area contributed by atoms with Gasteiger partial charge in [-0.25, -0.2) is 0 Å². The van der Waals surface area contributed by atoms with Crippen LogP contribution < -0.4 is 5.73 Å². The molecule has 0 aliphatic heterocycles. The van der Waals surface area contributed by atoms with E-state index in [1.165, 1.54) is 0 Å². The van der Waals surface area contributed by atoms with Crippen LogP contribution >= 0.6 is 0 Å². The van der Waals surface area contributed by atoms with Crippen LogP contribution in [-0.4, -0.2) is 28.2 Å². The summed E-state index contributed by atoms with van der Waals surface area (Å²) in [6.45, 7) is 0. The lowest BCUT2D eigenvalue weighted by molar-refractivity contribution is -0.140. The lowest BCUT2D eigenvalue weighted by atomic mass is 10.1. The van der Waals surface area contributed by atoms with Crippen molar-refractivity contribution in [3.63, 3.8) is 0 Å². The zero-order chi connectivity index (χ0) is 9.30. The normalized spacial score (nSPS) is 29.4. The van der Waals surface area contributed by atoms with Crippen molar-refractivity contribution in [3.8, 4) is 0 Å². The molecule has 1 aliphatic carbocycles. The molecule has 68 valence electrons. The molecular weight excluding hydrogens is 162 g/mol. The number of nitrogens with two attached hydrogens (primary N) is 1. The highest BCUT2D eigenvalue weighted by Crippen LogP contribution is 2.41. The fourth-order valence-corrected chi connectivity index (χ4v) is 1.24. The second kappa shape index (κ2) is 3.10. The Balaban J connectivity index is 2.27. The summed E-state index contributed by atoms with van der Waals surface area (Å²) < 4.78 is 0. The van der Waals surface area contributed by atoms with Crippen LogP contribution in [0.5, 0.6) is 0 Å². The molecule has 1 saturated carbocycles. The summed E-state index contributed by atoms with van der Waals surface area (Å²) in [5.74, 6) is -2.31. The van der Waals surface area contributed by atoms with E-state index < -0.39 is 18.0 Å². The highest BCUT2D eigenvalue weighted by molar-refractivity contribution is 5.75. The molecule has 1 fully saturated rings. The van der Waals surface area contributed by atoms with Gasteiger partial charge in [-0.3, -0.25) is 9.59 Å². The number of carboxylic acid groups (broad SMARTS) is 2. The lowest BCUT2D eigenvalue weighted by Gasteiger charge is -2.03. The van der Waals surface area contributed by atoms with E-state index in [1.54, 1.807) is 0 Å². The summed E-state index contributed by atoms with van der Waals surface area (Å²) in [4.78, 5) is 20.6. The SMILES string of the molecule is N[C@@H](C[C@H]1C[C@H]1C(=O)O)C(=O)O. The van der Waals surface area contributed by atoms with Crippen molar-refractivity contribution in [2.75, 3.05) is 0 Å². The minimum Gasteiger partial charge on any atom is -0.481 e.